The SMILES string of the molecule is Cc1cccc(C=CCNC(=O)OCc2ccccc2)c1C(=O)O. The van der Waals surface area contributed by atoms with Gasteiger partial charge in [-0.05, 0) is 23.6 Å². The van der Waals surface area contributed by atoms with Crippen LogP contribution in [0.3, 0.4) is 0 Å². The van der Waals surface area contributed by atoms with Crippen molar-refractivity contribution in [2.45, 2.75) is 13.5 Å². The fourth-order valence-electron chi connectivity index (χ4n) is 2.22. The van der Waals surface area contributed by atoms with Crippen LogP contribution in [0.1, 0.15) is 27.0 Å². The molecular formula is C19H19NO4. The fourth-order valence-corrected chi connectivity index (χ4v) is 2.22. The van der Waals surface area contributed by atoms with Crippen molar-refractivity contribution in [3.8, 4) is 0 Å². The Kier molecular flexibility index (Phi) is 6.14. The zero-order chi connectivity index (χ0) is 17.4. The molecule has 0 saturated heterocycles. The second-order valence-electron chi connectivity index (χ2n) is 5.19. The van der Waals surface area contributed by atoms with Gasteiger partial charge in [0.15, 0.2) is 0 Å². The Bertz CT molecular complexity index is 738. The monoisotopic (exact) mass is 325 g/mol. The first-order chi connectivity index (χ1) is 11.6. The molecule has 0 unspecified atom stereocenters. The van der Waals surface area contributed by atoms with E-state index in [0.717, 1.165) is 5.56 Å². The molecule has 124 valence electrons. The summed E-state index contributed by atoms with van der Waals surface area (Å²) in [5.74, 6) is -0.969. The maximum Gasteiger partial charge on any atom is 0.407 e. The molecule has 0 aliphatic carbocycles. The van der Waals surface area contributed by atoms with Gasteiger partial charge in [-0.25, -0.2) is 9.59 Å². The Morgan fingerprint density at radius 2 is 1.88 bits per heavy atom. The van der Waals surface area contributed by atoms with Crippen LogP contribution in [-0.2, 0) is 11.3 Å². The lowest BCUT2D eigenvalue weighted by Gasteiger charge is -2.06. The Labute approximate surface area is 140 Å². The van der Waals surface area contributed by atoms with Crippen molar-refractivity contribution in [1.82, 2.24) is 5.32 Å². The highest BCUT2D eigenvalue weighted by Crippen LogP contribution is 2.15. The summed E-state index contributed by atoms with van der Waals surface area (Å²) < 4.78 is 5.08. The van der Waals surface area contributed by atoms with Crippen molar-refractivity contribution in [3.05, 3.63) is 76.9 Å². The van der Waals surface area contributed by atoms with Crippen molar-refractivity contribution in [2.75, 3.05) is 6.54 Å². The summed E-state index contributed by atoms with van der Waals surface area (Å²) >= 11 is 0. The van der Waals surface area contributed by atoms with Crippen LogP contribution in [0.15, 0.2) is 54.6 Å². The van der Waals surface area contributed by atoms with E-state index < -0.39 is 12.1 Å². The Balaban J connectivity index is 1.83. The molecule has 0 aliphatic heterocycles. The number of rotatable bonds is 6. The van der Waals surface area contributed by atoms with E-state index >= 15 is 0 Å². The van der Waals surface area contributed by atoms with Crippen LogP contribution in [0.5, 0.6) is 0 Å². The smallest absolute Gasteiger partial charge is 0.407 e. The van der Waals surface area contributed by atoms with Gasteiger partial charge in [-0.1, -0.05) is 60.7 Å². The first-order valence-electron chi connectivity index (χ1n) is 7.52. The summed E-state index contributed by atoms with van der Waals surface area (Å²) in [7, 11) is 0. The Morgan fingerprint density at radius 3 is 2.58 bits per heavy atom. The highest BCUT2D eigenvalue weighted by molar-refractivity contribution is 5.93. The number of carboxylic acids is 1. The number of hydrogen-bond donors (Lipinski definition) is 2. The summed E-state index contributed by atoms with van der Waals surface area (Å²) in [5.41, 5.74) is 2.47. The molecule has 0 fully saturated rings. The Hall–Kier alpha value is -3.08. The van der Waals surface area contributed by atoms with Crippen molar-refractivity contribution in [3.63, 3.8) is 0 Å². The minimum atomic E-state index is -0.969. The molecule has 0 spiro atoms. The molecule has 5 heteroatoms. The van der Waals surface area contributed by atoms with Gasteiger partial charge in [-0.2, -0.15) is 0 Å². The van der Waals surface area contributed by atoms with Crippen molar-refractivity contribution >= 4 is 18.1 Å². The highest BCUT2D eigenvalue weighted by atomic mass is 16.5. The molecule has 2 aromatic rings. The summed E-state index contributed by atoms with van der Waals surface area (Å²) in [6, 6.07) is 14.7. The van der Waals surface area contributed by atoms with Gasteiger partial charge >= 0.3 is 12.1 Å². The number of carboxylic acid groups (broad SMARTS) is 1. The third-order valence-electron chi connectivity index (χ3n) is 3.39. The van der Waals surface area contributed by atoms with E-state index in [2.05, 4.69) is 5.32 Å². The van der Waals surface area contributed by atoms with E-state index in [9.17, 15) is 14.7 Å². The average molecular weight is 325 g/mol. The molecule has 1 amide bonds. The van der Waals surface area contributed by atoms with Crippen LogP contribution < -0.4 is 5.32 Å². The lowest BCUT2D eigenvalue weighted by atomic mass is 10.0. The number of carbonyl (C=O) groups excluding carboxylic acids is 1. The number of amides is 1. The molecule has 0 aromatic heterocycles. The molecule has 0 atom stereocenters. The number of aryl methyl sites for hydroxylation is 1. The minimum Gasteiger partial charge on any atom is -0.478 e. The number of nitrogens with one attached hydrogen (secondary N) is 1. The molecule has 2 aromatic carbocycles. The topological polar surface area (TPSA) is 75.6 Å². The number of benzene rings is 2. The van der Waals surface area contributed by atoms with E-state index in [1.165, 1.54) is 0 Å². The van der Waals surface area contributed by atoms with Gasteiger partial charge in [0, 0.05) is 6.54 Å². The number of carbonyl (C=O) groups is 2. The van der Waals surface area contributed by atoms with Gasteiger partial charge in [-0.3, -0.25) is 0 Å². The third-order valence-corrected chi connectivity index (χ3v) is 3.39. The molecule has 2 rings (SSSR count). The van der Waals surface area contributed by atoms with Crippen molar-refractivity contribution < 1.29 is 19.4 Å². The lowest BCUT2D eigenvalue weighted by Crippen LogP contribution is -2.24. The predicted octanol–water partition coefficient (Wildman–Crippen LogP) is 3.63. The van der Waals surface area contributed by atoms with E-state index in [-0.39, 0.29) is 18.7 Å². The van der Waals surface area contributed by atoms with Gasteiger partial charge in [0.1, 0.15) is 6.61 Å². The molecule has 0 heterocycles. The second-order valence-corrected chi connectivity index (χ2v) is 5.19. The van der Waals surface area contributed by atoms with E-state index in [0.29, 0.717) is 11.1 Å². The number of hydrogen-bond acceptors (Lipinski definition) is 3. The van der Waals surface area contributed by atoms with Gasteiger partial charge in [0.2, 0.25) is 0 Å². The summed E-state index contributed by atoms with van der Waals surface area (Å²) in [5, 5.41) is 11.8. The van der Waals surface area contributed by atoms with E-state index in [1.807, 2.05) is 30.3 Å². The van der Waals surface area contributed by atoms with E-state index in [1.54, 1.807) is 37.3 Å². The van der Waals surface area contributed by atoms with Crippen LogP contribution in [0.2, 0.25) is 0 Å². The molecule has 0 saturated carbocycles. The Morgan fingerprint density at radius 1 is 1.12 bits per heavy atom. The van der Waals surface area contributed by atoms with Crippen molar-refractivity contribution in [1.29, 1.82) is 0 Å². The number of ether oxygens (including phenoxy) is 1. The predicted molar refractivity (Wildman–Crippen MR) is 91.8 cm³/mol. The van der Waals surface area contributed by atoms with Crippen molar-refractivity contribution in [2.24, 2.45) is 0 Å². The van der Waals surface area contributed by atoms with Gasteiger partial charge < -0.3 is 15.2 Å². The number of alkyl carbamates (subject to hydrolysis) is 1. The minimum absolute atomic E-state index is 0.206. The number of aromatic carboxylic acids is 1. The van der Waals surface area contributed by atoms with Crippen LogP contribution >= 0.6 is 0 Å². The molecule has 5 nitrogen and oxygen atoms in total. The normalized spacial score (nSPS) is 10.5. The zero-order valence-electron chi connectivity index (χ0n) is 13.4. The summed E-state index contributed by atoms with van der Waals surface area (Å²) in [6.07, 6.45) is 2.84. The van der Waals surface area contributed by atoms with Crippen LogP contribution in [0, 0.1) is 6.92 Å². The maximum absolute atomic E-state index is 11.6. The quantitative estimate of drug-likeness (QED) is 0.850. The molecule has 0 aliphatic rings. The first-order valence-corrected chi connectivity index (χ1v) is 7.52. The molecule has 0 bridgehead atoms. The largest absolute Gasteiger partial charge is 0.478 e. The fraction of sp³-hybridized carbons (Fsp3) is 0.158. The van der Waals surface area contributed by atoms with Crippen LogP contribution in [0.25, 0.3) is 6.08 Å². The lowest BCUT2D eigenvalue weighted by molar-refractivity contribution is 0.0695. The molecule has 0 radical (unpaired) electrons. The third kappa shape index (κ3) is 4.98. The maximum atomic E-state index is 11.6. The molecular weight excluding hydrogens is 306 g/mol. The van der Waals surface area contributed by atoms with Gasteiger partial charge in [0.05, 0.1) is 5.56 Å². The standard InChI is InChI=1S/C19H19NO4/c1-14-7-5-10-16(17(14)18(21)22)11-6-12-20-19(23)24-13-15-8-3-2-4-9-15/h2-11H,12-13H2,1H3,(H,20,23)(H,21,22). The highest BCUT2D eigenvalue weighted by Gasteiger charge is 2.10. The van der Waals surface area contributed by atoms with E-state index in [4.69, 9.17) is 4.74 Å². The summed E-state index contributed by atoms with van der Waals surface area (Å²) in [6.45, 7) is 2.21. The zero-order valence-corrected chi connectivity index (χ0v) is 13.4. The van der Waals surface area contributed by atoms with Gasteiger partial charge in [-0.15, -0.1) is 0 Å². The van der Waals surface area contributed by atoms with Crippen LogP contribution in [-0.4, -0.2) is 23.7 Å². The molecule has 2 N–H and O–H groups in total. The second kappa shape index (κ2) is 8.53. The first kappa shape index (κ1) is 17.3. The van der Waals surface area contributed by atoms with Crippen LogP contribution in [0.4, 0.5) is 4.79 Å². The summed E-state index contributed by atoms with van der Waals surface area (Å²) in [4.78, 5) is 22.9. The average Bonchev–Trinajstić information content (AvgIpc) is 2.57. The molecule has 24 heavy (non-hydrogen) atoms. The van der Waals surface area contributed by atoms with Gasteiger partial charge in [0.25, 0.3) is 0 Å².